The summed E-state index contributed by atoms with van der Waals surface area (Å²) in [5.74, 6) is -0.958. The van der Waals surface area contributed by atoms with Crippen LogP contribution in [0.25, 0.3) is 0 Å². The van der Waals surface area contributed by atoms with Crippen LogP contribution in [-0.2, 0) is 16.0 Å². The Kier molecular flexibility index (Phi) is 3.01. The molecule has 2 aliphatic rings. The minimum Gasteiger partial charge on any atom is -0.478 e. The number of carboxylic acid groups (broad SMARTS) is 1. The number of carbonyl (C=O) groups is 2. The van der Waals surface area contributed by atoms with Gasteiger partial charge in [0.05, 0.1) is 5.56 Å². The SMILES string of the molecule is CC1(C(=O)N2CCc3cc(C(=O)O)ccc32)CCCO1. The molecule has 0 spiro atoms. The van der Waals surface area contributed by atoms with E-state index in [1.807, 2.05) is 6.92 Å². The van der Waals surface area contributed by atoms with Crippen molar-refractivity contribution in [2.24, 2.45) is 0 Å². The van der Waals surface area contributed by atoms with Crippen LogP contribution in [0.15, 0.2) is 18.2 Å². The molecule has 0 aliphatic carbocycles. The van der Waals surface area contributed by atoms with Gasteiger partial charge in [0.2, 0.25) is 0 Å². The van der Waals surface area contributed by atoms with Crippen molar-refractivity contribution >= 4 is 17.6 Å². The number of nitrogens with zero attached hydrogens (tertiary/aromatic N) is 1. The van der Waals surface area contributed by atoms with Gasteiger partial charge in [-0.15, -0.1) is 0 Å². The molecule has 2 heterocycles. The maximum Gasteiger partial charge on any atom is 0.335 e. The third kappa shape index (κ3) is 1.98. The Morgan fingerprint density at radius 1 is 1.40 bits per heavy atom. The highest BCUT2D eigenvalue weighted by molar-refractivity contribution is 6.01. The summed E-state index contributed by atoms with van der Waals surface area (Å²) in [6.45, 7) is 3.06. The van der Waals surface area contributed by atoms with Crippen LogP contribution in [-0.4, -0.2) is 35.7 Å². The Labute approximate surface area is 117 Å². The van der Waals surface area contributed by atoms with Crippen molar-refractivity contribution in [2.45, 2.75) is 31.8 Å². The molecule has 5 heteroatoms. The van der Waals surface area contributed by atoms with Gasteiger partial charge < -0.3 is 14.7 Å². The molecular formula is C15H17NO4. The van der Waals surface area contributed by atoms with Crippen molar-refractivity contribution in [3.05, 3.63) is 29.3 Å². The maximum absolute atomic E-state index is 12.6. The first-order valence-corrected chi connectivity index (χ1v) is 6.83. The Bertz CT molecular complexity index is 575. The van der Waals surface area contributed by atoms with Gasteiger partial charge in [-0.2, -0.15) is 0 Å². The van der Waals surface area contributed by atoms with Gasteiger partial charge >= 0.3 is 5.97 Å². The average molecular weight is 275 g/mol. The van der Waals surface area contributed by atoms with Crippen molar-refractivity contribution < 1.29 is 19.4 Å². The van der Waals surface area contributed by atoms with Crippen molar-refractivity contribution in [1.82, 2.24) is 0 Å². The summed E-state index contributed by atoms with van der Waals surface area (Å²) in [5, 5.41) is 9.00. The number of anilines is 1. The third-order valence-corrected chi connectivity index (χ3v) is 4.14. The highest BCUT2D eigenvalue weighted by Crippen LogP contribution is 2.34. The minimum atomic E-state index is -0.941. The lowest BCUT2D eigenvalue weighted by Crippen LogP contribution is -2.46. The molecule has 1 unspecified atom stereocenters. The molecule has 1 aromatic rings. The second kappa shape index (κ2) is 4.59. The molecule has 3 rings (SSSR count). The molecule has 0 bridgehead atoms. The van der Waals surface area contributed by atoms with E-state index in [-0.39, 0.29) is 11.5 Å². The molecule has 0 saturated carbocycles. The van der Waals surface area contributed by atoms with Gasteiger partial charge in [-0.3, -0.25) is 4.79 Å². The monoisotopic (exact) mass is 275 g/mol. The van der Waals surface area contributed by atoms with E-state index in [0.717, 1.165) is 24.1 Å². The van der Waals surface area contributed by atoms with E-state index in [0.29, 0.717) is 19.6 Å². The summed E-state index contributed by atoms with van der Waals surface area (Å²) in [7, 11) is 0. The lowest BCUT2D eigenvalue weighted by molar-refractivity contribution is -0.136. The predicted molar refractivity (Wildman–Crippen MR) is 73.0 cm³/mol. The number of amides is 1. The van der Waals surface area contributed by atoms with E-state index >= 15 is 0 Å². The summed E-state index contributed by atoms with van der Waals surface area (Å²) < 4.78 is 5.61. The van der Waals surface area contributed by atoms with Crippen LogP contribution < -0.4 is 4.90 Å². The lowest BCUT2D eigenvalue weighted by atomic mass is 10.0. The van der Waals surface area contributed by atoms with Crippen molar-refractivity contribution in [3.63, 3.8) is 0 Å². The van der Waals surface area contributed by atoms with E-state index < -0.39 is 11.6 Å². The number of benzene rings is 1. The number of carbonyl (C=O) groups excluding carboxylic acids is 1. The maximum atomic E-state index is 12.6. The fraction of sp³-hybridized carbons (Fsp3) is 0.467. The van der Waals surface area contributed by atoms with Crippen LogP contribution in [0.1, 0.15) is 35.7 Å². The molecular weight excluding hydrogens is 258 g/mol. The number of rotatable bonds is 2. The quantitative estimate of drug-likeness (QED) is 0.894. The van der Waals surface area contributed by atoms with E-state index in [4.69, 9.17) is 9.84 Å². The Morgan fingerprint density at radius 3 is 2.85 bits per heavy atom. The van der Waals surface area contributed by atoms with Gasteiger partial charge in [-0.05, 0) is 49.9 Å². The fourth-order valence-electron chi connectivity index (χ4n) is 2.98. The molecule has 1 atom stereocenters. The van der Waals surface area contributed by atoms with E-state index in [2.05, 4.69) is 0 Å². The number of ether oxygens (including phenoxy) is 1. The molecule has 1 fully saturated rings. The second-order valence-corrected chi connectivity index (χ2v) is 5.54. The van der Waals surface area contributed by atoms with Gasteiger partial charge in [0.25, 0.3) is 5.91 Å². The van der Waals surface area contributed by atoms with Gasteiger partial charge in [0.1, 0.15) is 5.60 Å². The topological polar surface area (TPSA) is 66.8 Å². The minimum absolute atomic E-state index is 0.0168. The highest BCUT2D eigenvalue weighted by atomic mass is 16.5. The lowest BCUT2D eigenvalue weighted by Gasteiger charge is -2.28. The number of hydrogen-bond donors (Lipinski definition) is 1. The Balaban J connectivity index is 1.89. The van der Waals surface area contributed by atoms with Crippen LogP contribution in [0.4, 0.5) is 5.69 Å². The van der Waals surface area contributed by atoms with Crippen molar-refractivity contribution in [1.29, 1.82) is 0 Å². The van der Waals surface area contributed by atoms with Crippen LogP contribution in [0, 0.1) is 0 Å². The molecule has 1 saturated heterocycles. The molecule has 5 nitrogen and oxygen atoms in total. The number of hydrogen-bond acceptors (Lipinski definition) is 3. The first-order chi connectivity index (χ1) is 9.51. The molecule has 20 heavy (non-hydrogen) atoms. The molecule has 2 aliphatic heterocycles. The van der Waals surface area contributed by atoms with Gasteiger partial charge in [-0.1, -0.05) is 0 Å². The van der Waals surface area contributed by atoms with Crippen LogP contribution in [0.5, 0.6) is 0 Å². The largest absolute Gasteiger partial charge is 0.478 e. The predicted octanol–water partition coefficient (Wildman–Crippen LogP) is 1.84. The zero-order valence-electron chi connectivity index (χ0n) is 11.4. The molecule has 1 aromatic carbocycles. The smallest absolute Gasteiger partial charge is 0.335 e. The molecule has 0 aromatic heterocycles. The van der Waals surface area contributed by atoms with E-state index in [1.165, 1.54) is 0 Å². The number of aromatic carboxylic acids is 1. The summed E-state index contributed by atoms with van der Waals surface area (Å²) in [6, 6.07) is 4.93. The molecule has 1 amide bonds. The highest BCUT2D eigenvalue weighted by Gasteiger charge is 2.42. The molecule has 1 N–H and O–H groups in total. The van der Waals surface area contributed by atoms with Crippen molar-refractivity contribution in [2.75, 3.05) is 18.1 Å². The first-order valence-electron chi connectivity index (χ1n) is 6.83. The van der Waals surface area contributed by atoms with Gasteiger partial charge in [0, 0.05) is 18.8 Å². The second-order valence-electron chi connectivity index (χ2n) is 5.54. The zero-order chi connectivity index (χ0) is 14.3. The normalized spacial score (nSPS) is 24.8. The Morgan fingerprint density at radius 2 is 2.20 bits per heavy atom. The van der Waals surface area contributed by atoms with Gasteiger partial charge in [0.15, 0.2) is 0 Å². The third-order valence-electron chi connectivity index (χ3n) is 4.14. The standard InChI is InChI=1S/C15H17NO4/c1-15(6-2-8-20-15)14(19)16-7-5-10-9-11(13(17)18)3-4-12(10)16/h3-4,9H,2,5-8H2,1H3,(H,17,18). The van der Waals surface area contributed by atoms with Crippen LogP contribution in [0.2, 0.25) is 0 Å². The number of fused-ring (bicyclic) bond motifs is 1. The first kappa shape index (κ1) is 13.1. The van der Waals surface area contributed by atoms with E-state index in [1.54, 1.807) is 23.1 Å². The summed E-state index contributed by atoms with van der Waals surface area (Å²) >= 11 is 0. The van der Waals surface area contributed by atoms with Gasteiger partial charge in [-0.25, -0.2) is 4.79 Å². The summed E-state index contributed by atoms with van der Waals surface area (Å²) in [5.41, 5.74) is 1.27. The Hall–Kier alpha value is -1.88. The number of carboxylic acids is 1. The van der Waals surface area contributed by atoms with Crippen LogP contribution >= 0.6 is 0 Å². The molecule has 0 radical (unpaired) electrons. The summed E-state index contributed by atoms with van der Waals surface area (Å²) in [6.07, 6.45) is 2.34. The molecule has 106 valence electrons. The summed E-state index contributed by atoms with van der Waals surface area (Å²) in [4.78, 5) is 25.3. The van der Waals surface area contributed by atoms with Crippen LogP contribution in [0.3, 0.4) is 0 Å². The average Bonchev–Trinajstić information content (AvgIpc) is 3.04. The zero-order valence-corrected chi connectivity index (χ0v) is 11.4. The van der Waals surface area contributed by atoms with Crippen molar-refractivity contribution in [3.8, 4) is 0 Å². The fourth-order valence-corrected chi connectivity index (χ4v) is 2.98. The van der Waals surface area contributed by atoms with E-state index in [9.17, 15) is 9.59 Å².